The highest BCUT2D eigenvalue weighted by atomic mass is 32.1. The summed E-state index contributed by atoms with van der Waals surface area (Å²) in [5.74, 6) is -1.60. The number of hydrogen-bond donors (Lipinski definition) is 2. The number of ether oxygens (including phenoxy) is 1. The summed E-state index contributed by atoms with van der Waals surface area (Å²) in [5, 5.41) is 13.9. The predicted molar refractivity (Wildman–Crippen MR) is 132 cm³/mol. The third-order valence-corrected chi connectivity index (χ3v) is 6.70. The lowest BCUT2D eigenvalue weighted by molar-refractivity contribution is -0.138. The van der Waals surface area contributed by atoms with E-state index in [1.165, 1.54) is 16.2 Å². The minimum atomic E-state index is -1.10. The molecule has 0 atom stereocenters. The monoisotopic (exact) mass is 493 g/mol. The summed E-state index contributed by atoms with van der Waals surface area (Å²) in [6.45, 7) is 5.17. The maximum absolute atomic E-state index is 12.8. The highest BCUT2D eigenvalue weighted by Crippen LogP contribution is 2.44. The van der Waals surface area contributed by atoms with E-state index < -0.39 is 30.1 Å². The van der Waals surface area contributed by atoms with Crippen molar-refractivity contribution < 1.29 is 24.2 Å². The molecular formula is C26H27N3O5S. The molecule has 0 fully saturated rings. The fraction of sp³-hybridized carbons (Fsp3) is 0.308. The lowest BCUT2D eigenvalue weighted by atomic mass is 9.98. The van der Waals surface area contributed by atoms with Crippen molar-refractivity contribution >= 4 is 29.3 Å². The molecule has 1 heterocycles. The number of nitrogens with zero attached hydrogens (tertiary/aromatic N) is 2. The summed E-state index contributed by atoms with van der Waals surface area (Å²) < 4.78 is 5.53. The van der Waals surface area contributed by atoms with Gasteiger partial charge in [0.15, 0.2) is 0 Å². The molecule has 2 amide bonds. The average molecular weight is 494 g/mol. The predicted octanol–water partition coefficient (Wildman–Crippen LogP) is 4.51. The number of thiazole rings is 1. The van der Waals surface area contributed by atoms with E-state index in [2.05, 4.69) is 34.6 Å². The number of carboxylic acids is 1. The Morgan fingerprint density at radius 1 is 1.06 bits per heavy atom. The summed E-state index contributed by atoms with van der Waals surface area (Å²) in [7, 11) is 0. The second kappa shape index (κ2) is 9.87. The number of benzene rings is 2. The minimum Gasteiger partial charge on any atom is -0.480 e. The number of hydrogen-bond acceptors (Lipinski definition) is 6. The molecule has 0 spiro atoms. The van der Waals surface area contributed by atoms with Crippen LogP contribution >= 0.6 is 11.3 Å². The molecule has 1 aliphatic rings. The Bertz CT molecular complexity index is 1220. The standard InChI is InChI=1S/C26H27N3O5S/c1-26(2,3)29(13-23(30)31)24(32)21-15-35-22(28-21)12-27-25(33)34-14-20-18-10-6-4-8-16(18)17-9-5-7-11-19(17)20/h4-11,15,20H,12-14H2,1-3H3,(H,27,33)(H,30,31). The van der Waals surface area contributed by atoms with Crippen LogP contribution in [0.3, 0.4) is 0 Å². The van der Waals surface area contributed by atoms with Crippen LogP contribution in [0.4, 0.5) is 4.79 Å². The summed E-state index contributed by atoms with van der Waals surface area (Å²) in [5.41, 5.74) is 4.05. The topological polar surface area (TPSA) is 109 Å². The molecule has 2 aromatic carbocycles. The zero-order valence-electron chi connectivity index (χ0n) is 19.8. The molecule has 4 rings (SSSR count). The Balaban J connectivity index is 1.35. The lowest BCUT2D eigenvalue weighted by Crippen LogP contribution is -2.48. The van der Waals surface area contributed by atoms with E-state index in [1.54, 1.807) is 26.2 Å². The van der Waals surface area contributed by atoms with Crippen molar-refractivity contribution in [3.63, 3.8) is 0 Å². The first-order valence-electron chi connectivity index (χ1n) is 11.2. The van der Waals surface area contributed by atoms with Crippen LogP contribution in [0.5, 0.6) is 0 Å². The van der Waals surface area contributed by atoms with E-state index in [4.69, 9.17) is 9.84 Å². The molecule has 8 nitrogen and oxygen atoms in total. The molecule has 3 aromatic rings. The molecule has 1 aliphatic carbocycles. The first kappa shape index (κ1) is 24.4. The van der Waals surface area contributed by atoms with E-state index in [-0.39, 0.29) is 24.8 Å². The van der Waals surface area contributed by atoms with Gasteiger partial charge in [-0.15, -0.1) is 11.3 Å². The first-order valence-corrected chi connectivity index (χ1v) is 12.1. The number of alkyl carbamates (subject to hydrolysis) is 1. The molecule has 0 bridgehead atoms. The van der Waals surface area contributed by atoms with Crippen LogP contribution < -0.4 is 5.32 Å². The molecular weight excluding hydrogens is 466 g/mol. The summed E-state index contributed by atoms with van der Waals surface area (Å²) in [4.78, 5) is 42.0. The largest absolute Gasteiger partial charge is 0.480 e. The van der Waals surface area contributed by atoms with E-state index in [0.717, 1.165) is 22.3 Å². The van der Waals surface area contributed by atoms with Gasteiger partial charge in [0.2, 0.25) is 0 Å². The van der Waals surface area contributed by atoms with Gasteiger partial charge >= 0.3 is 12.1 Å². The van der Waals surface area contributed by atoms with Gasteiger partial charge in [-0.2, -0.15) is 0 Å². The number of carboxylic acid groups (broad SMARTS) is 1. The lowest BCUT2D eigenvalue weighted by Gasteiger charge is -2.33. The van der Waals surface area contributed by atoms with Gasteiger partial charge in [-0.3, -0.25) is 9.59 Å². The van der Waals surface area contributed by atoms with E-state index in [9.17, 15) is 14.4 Å². The number of amides is 2. The Hall–Kier alpha value is -3.72. The van der Waals surface area contributed by atoms with Crippen molar-refractivity contribution in [2.45, 2.75) is 38.8 Å². The molecule has 182 valence electrons. The number of aliphatic carboxylic acids is 1. The van der Waals surface area contributed by atoms with Crippen molar-refractivity contribution in [3.05, 3.63) is 75.7 Å². The normalized spacial score (nSPS) is 12.5. The second-order valence-electron chi connectivity index (χ2n) is 9.26. The molecule has 0 saturated carbocycles. The Morgan fingerprint density at radius 2 is 1.66 bits per heavy atom. The highest BCUT2D eigenvalue weighted by Gasteiger charge is 2.31. The molecule has 0 unspecified atom stereocenters. The molecule has 0 aliphatic heterocycles. The molecule has 2 N–H and O–H groups in total. The average Bonchev–Trinajstić information content (AvgIpc) is 3.42. The van der Waals surface area contributed by atoms with Crippen LogP contribution in [0.1, 0.15) is 53.3 Å². The maximum Gasteiger partial charge on any atom is 0.407 e. The van der Waals surface area contributed by atoms with Crippen LogP contribution in [-0.4, -0.2) is 51.7 Å². The summed E-state index contributed by atoms with van der Waals surface area (Å²) >= 11 is 1.22. The van der Waals surface area contributed by atoms with Gasteiger partial charge in [0.1, 0.15) is 23.9 Å². The first-order chi connectivity index (χ1) is 16.6. The highest BCUT2D eigenvalue weighted by molar-refractivity contribution is 7.09. The van der Waals surface area contributed by atoms with Crippen molar-refractivity contribution in [2.24, 2.45) is 0 Å². The van der Waals surface area contributed by atoms with Crippen molar-refractivity contribution in [1.82, 2.24) is 15.2 Å². The van der Waals surface area contributed by atoms with E-state index in [0.29, 0.717) is 5.01 Å². The zero-order chi connectivity index (χ0) is 25.2. The quantitative estimate of drug-likeness (QED) is 0.501. The fourth-order valence-corrected chi connectivity index (χ4v) is 4.88. The Kier molecular flexibility index (Phi) is 6.88. The van der Waals surface area contributed by atoms with Crippen molar-refractivity contribution in [3.8, 4) is 11.1 Å². The molecule has 1 aromatic heterocycles. The number of nitrogens with one attached hydrogen (secondary N) is 1. The van der Waals surface area contributed by atoms with Crippen LogP contribution in [0.15, 0.2) is 53.9 Å². The maximum atomic E-state index is 12.8. The molecule has 35 heavy (non-hydrogen) atoms. The van der Waals surface area contributed by atoms with Gasteiger partial charge in [-0.1, -0.05) is 48.5 Å². The number of rotatable bonds is 7. The minimum absolute atomic E-state index is 0.0325. The number of aromatic nitrogens is 1. The molecule has 9 heteroatoms. The van der Waals surface area contributed by atoms with E-state index >= 15 is 0 Å². The number of carbonyl (C=O) groups is 3. The van der Waals surface area contributed by atoms with Crippen LogP contribution in [-0.2, 0) is 16.1 Å². The van der Waals surface area contributed by atoms with E-state index in [1.807, 2.05) is 24.3 Å². The van der Waals surface area contributed by atoms with Gasteiger partial charge in [0.25, 0.3) is 5.91 Å². The fourth-order valence-electron chi connectivity index (χ4n) is 4.17. The van der Waals surface area contributed by atoms with Crippen LogP contribution in [0, 0.1) is 0 Å². The third-order valence-electron chi connectivity index (χ3n) is 5.85. The van der Waals surface area contributed by atoms with Crippen LogP contribution in [0.25, 0.3) is 11.1 Å². The zero-order valence-corrected chi connectivity index (χ0v) is 20.6. The third kappa shape index (κ3) is 5.35. The Morgan fingerprint density at radius 3 is 2.23 bits per heavy atom. The van der Waals surface area contributed by atoms with Crippen molar-refractivity contribution in [2.75, 3.05) is 13.2 Å². The molecule has 0 radical (unpaired) electrons. The smallest absolute Gasteiger partial charge is 0.407 e. The molecule has 0 saturated heterocycles. The van der Waals surface area contributed by atoms with Gasteiger partial charge in [0, 0.05) is 16.8 Å². The van der Waals surface area contributed by atoms with Gasteiger partial charge in [0.05, 0.1) is 6.54 Å². The van der Waals surface area contributed by atoms with Crippen LogP contribution in [0.2, 0.25) is 0 Å². The van der Waals surface area contributed by atoms with Gasteiger partial charge in [-0.25, -0.2) is 9.78 Å². The van der Waals surface area contributed by atoms with Gasteiger partial charge < -0.3 is 20.1 Å². The number of fused-ring (bicyclic) bond motifs is 3. The van der Waals surface area contributed by atoms with Crippen molar-refractivity contribution in [1.29, 1.82) is 0 Å². The SMILES string of the molecule is CC(C)(C)N(CC(=O)O)C(=O)c1csc(CNC(=O)OCC2c3ccccc3-c3ccccc32)n1. The Labute approximate surface area is 207 Å². The second-order valence-corrected chi connectivity index (χ2v) is 10.2. The summed E-state index contributed by atoms with van der Waals surface area (Å²) in [6, 6.07) is 16.2. The number of carbonyl (C=O) groups excluding carboxylic acids is 2. The summed E-state index contributed by atoms with van der Waals surface area (Å²) in [6.07, 6.45) is -0.572. The van der Waals surface area contributed by atoms with Gasteiger partial charge in [-0.05, 0) is 43.0 Å².